The molecule has 1 rings (SSSR count). The molecule has 0 aliphatic carbocycles. The largest absolute Gasteiger partial charge is 0.309 e. The van der Waals surface area contributed by atoms with Crippen molar-refractivity contribution in [1.29, 1.82) is 5.26 Å². The summed E-state index contributed by atoms with van der Waals surface area (Å²) in [5, 5.41) is 14.7. The lowest BCUT2D eigenvalue weighted by atomic mass is 10.2. The van der Waals surface area contributed by atoms with Crippen molar-refractivity contribution in [2.45, 2.75) is 26.3 Å². The summed E-state index contributed by atoms with van der Waals surface area (Å²) in [5.74, 6) is 0. The molecule has 0 amide bonds. The fourth-order valence-corrected chi connectivity index (χ4v) is 1.58. The van der Waals surface area contributed by atoms with Crippen molar-refractivity contribution in [2.75, 3.05) is 11.9 Å². The maximum absolute atomic E-state index is 8.88. The molecule has 0 saturated carbocycles. The number of allylic oxidation sites excluding steroid dienone is 1. The van der Waals surface area contributed by atoms with Gasteiger partial charge in [-0.05, 0) is 37.6 Å². The van der Waals surface area contributed by atoms with Gasteiger partial charge >= 0.3 is 0 Å². The van der Waals surface area contributed by atoms with E-state index in [-0.39, 0.29) is 6.04 Å². The first kappa shape index (κ1) is 18.2. The van der Waals surface area contributed by atoms with Crippen LogP contribution >= 0.6 is 0 Å². The van der Waals surface area contributed by atoms with E-state index in [1.54, 1.807) is 35.9 Å². The average Bonchev–Trinajstić information content (AvgIpc) is 2.59. The molecule has 0 fully saturated rings. The lowest BCUT2D eigenvalue weighted by Gasteiger charge is -2.15. The molecule has 0 unspecified atom stereocenters. The molecule has 0 heterocycles. The molecular formula is C18H23N5. The summed E-state index contributed by atoms with van der Waals surface area (Å²) in [6, 6.07) is 9.44. The fourth-order valence-electron chi connectivity index (χ4n) is 1.58. The molecule has 0 bridgehead atoms. The first-order valence-corrected chi connectivity index (χ1v) is 7.48. The highest BCUT2D eigenvalue weighted by atomic mass is 15.4. The smallest absolute Gasteiger partial charge is 0.0991 e. The van der Waals surface area contributed by atoms with Crippen molar-refractivity contribution in [1.82, 2.24) is 5.01 Å². The minimum atomic E-state index is -0.0618. The van der Waals surface area contributed by atoms with Crippen LogP contribution in [0.2, 0.25) is 0 Å². The molecule has 1 aromatic carbocycles. The van der Waals surface area contributed by atoms with Gasteiger partial charge < -0.3 is 4.90 Å². The number of hydrogen-bond acceptors (Lipinski definition) is 4. The lowest BCUT2D eigenvalue weighted by Crippen LogP contribution is -2.16. The molecule has 0 N–H and O–H groups in total. The molecule has 120 valence electrons. The second-order valence-electron chi connectivity index (χ2n) is 4.88. The van der Waals surface area contributed by atoms with E-state index in [1.165, 1.54) is 0 Å². The Labute approximate surface area is 138 Å². The van der Waals surface area contributed by atoms with Crippen LogP contribution in [0.25, 0.3) is 0 Å². The highest BCUT2D eigenvalue weighted by molar-refractivity contribution is 5.83. The zero-order valence-corrected chi connectivity index (χ0v) is 13.9. The Balaban J connectivity index is 2.87. The SMILES string of the molecule is C=CN(C)/N=C\[C@H](C)N=CN(/C=C/CC)c1ccc(C#N)cc1. The predicted octanol–water partition coefficient (Wildman–Crippen LogP) is 3.77. The molecular weight excluding hydrogens is 286 g/mol. The maximum atomic E-state index is 8.88. The Morgan fingerprint density at radius 1 is 1.35 bits per heavy atom. The zero-order valence-electron chi connectivity index (χ0n) is 13.9. The van der Waals surface area contributed by atoms with Crippen LogP contribution in [-0.2, 0) is 0 Å². The fraction of sp³-hybridized carbons (Fsp3) is 0.278. The van der Waals surface area contributed by atoms with Crippen molar-refractivity contribution in [3.63, 3.8) is 0 Å². The Kier molecular flexibility index (Phi) is 7.87. The van der Waals surface area contributed by atoms with Crippen LogP contribution in [-0.4, -0.2) is 30.7 Å². The summed E-state index contributed by atoms with van der Waals surface area (Å²) < 4.78 is 0. The van der Waals surface area contributed by atoms with Crippen LogP contribution < -0.4 is 4.90 Å². The molecule has 1 atom stereocenters. The topological polar surface area (TPSA) is 55.0 Å². The van der Waals surface area contributed by atoms with Crippen molar-refractivity contribution in [3.05, 3.63) is 54.9 Å². The van der Waals surface area contributed by atoms with E-state index in [9.17, 15) is 0 Å². The number of hydrogen-bond donors (Lipinski definition) is 0. The minimum absolute atomic E-state index is 0.0618. The van der Waals surface area contributed by atoms with Crippen LogP contribution in [0.3, 0.4) is 0 Å². The molecule has 1 aromatic rings. The van der Waals surface area contributed by atoms with Crippen LogP contribution in [0.1, 0.15) is 25.8 Å². The average molecular weight is 309 g/mol. The second kappa shape index (κ2) is 9.96. The van der Waals surface area contributed by atoms with Crippen molar-refractivity contribution >= 4 is 18.2 Å². The van der Waals surface area contributed by atoms with Crippen molar-refractivity contribution in [3.8, 4) is 6.07 Å². The summed E-state index contributed by atoms with van der Waals surface area (Å²) in [6.45, 7) is 7.66. The maximum Gasteiger partial charge on any atom is 0.0991 e. The van der Waals surface area contributed by atoms with E-state index >= 15 is 0 Å². The van der Waals surface area contributed by atoms with Crippen LogP contribution in [0, 0.1) is 11.3 Å². The van der Waals surface area contributed by atoms with Gasteiger partial charge in [0.15, 0.2) is 0 Å². The third kappa shape index (κ3) is 6.62. The molecule has 0 aliphatic rings. The predicted molar refractivity (Wildman–Crippen MR) is 97.5 cm³/mol. The van der Waals surface area contributed by atoms with Crippen LogP contribution in [0.5, 0.6) is 0 Å². The van der Waals surface area contributed by atoms with E-state index < -0.39 is 0 Å². The standard InChI is InChI=1S/C18H23N5/c1-5-7-12-23(18-10-8-17(13-19)9-11-18)15-20-16(3)14-21-22(4)6-2/h6-12,14-16H,2,5H2,1,3-4H3/b12-7+,20-15?,21-14-/t16-/m0/s1. The lowest BCUT2D eigenvalue weighted by molar-refractivity contribution is 0.492. The number of nitriles is 1. The molecule has 0 aromatic heterocycles. The van der Waals surface area contributed by atoms with Gasteiger partial charge in [0, 0.05) is 31.3 Å². The van der Waals surface area contributed by atoms with Gasteiger partial charge in [-0.1, -0.05) is 19.6 Å². The number of benzene rings is 1. The third-order valence-corrected chi connectivity index (χ3v) is 2.95. The van der Waals surface area contributed by atoms with Crippen LogP contribution in [0.4, 0.5) is 5.69 Å². The van der Waals surface area contributed by atoms with E-state index in [2.05, 4.69) is 35.7 Å². The highest BCUT2D eigenvalue weighted by Gasteiger charge is 2.01. The van der Waals surface area contributed by atoms with Gasteiger partial charge in [-0.15, -0.1) is 0 Å². The van der Waals surface area contributed by atoms with Gasteiger partial charge in [0.25, 0.3) is 0 Å². The molecule has 23 heavy (non-hydrogen) atoms. The third-order valence-electron chi connectivity index (χ3n) is 2.95. The van der Waals surface area contributed by atoms with E-state index in [4.69, 9.17) is 5.26 Å². The molecule has 5 nitrogen and oxygen atoms in total. The summed E-state index contributed by atoms with van der Waals surface area (Å²) in [5.41, 5.74) is 1.59. The quantitative estimate of drug-likeness (QED) is 0.417. The van der Waals surface area contributed by atoms with Crippen molar-refractivity contribution < 1.29 is 0 Å². The van der Waals surface area contributed by atoms with E-state index in [0.717, 1.165) is 12.1 Å². The Bertz CT molecular complexity index is 607. The molecule has 0 spiro atoms. The summed E-state index contributed by atoms with van der Waals surface area (Å²) >= 11 is 0. The summed E-state index contributed by atoms with van der Waals surface area (Å²) in [6.07, 6.45) is 10.1. The number of anilines is 1. The van der Waals surface area contributed by atoms with Crippen LogP contribution in [0.15, 0.2) is 59.4 Å². The molecule has 5 heteroatoms. The van der Waals surface area contributed by atoms with Gasteiger partial charge in [0.1, 0.15) is 0 Å². The van der Waals surface area contributed by atoms with E-state index in [1.807, 2.05) is 37.2 Å². The normalized spacial score (nSPS) is 12.6. The molecule has 0 radical (unpaired) electrons. The molecule has 0 saturated heterocycles. The monoisotopic (exact) mass is 309 g/mol. The van der Waals surface area contributed by atoms with Gasteiger partial charge in [-0.25, -0.2) is 0 Å². The first-order valence-electron chi connectivity index (χ1n) is 7.48. The first-order chi connectivity index (χ1) is 11.1. The zero-order chi connectivity index (χ0) is 17.1. The van der Waals surface area contributed by atoms with E-state index in [0.29, 0.717) is 5.56 Å². The number of rotatable bonds is 8. The van der Waals surface area contributed by atoms with Gasteiger partial charge in [-0.2, -0.15) is 10.4 Å². The number of nitrogens with zero attached hydrogens (tertiary/aromatic N) is 5. The Morgan fingerprint density at radius 2 is 2.04 bits per heavy atom. The summed E-state index contributed by atoms with van der Waals surface area (Å²) in [4.78, 5) is 6.40. The Hall–Kier alpha value is -2.87. The summed E-state index contributed by atoms with van der Waals surface area (Å²) in [7, 11) is 1.81. The second-order valence-corrected chi connectivity index (χ2v) is 4.88. The minimum Gasteiger partial charge on any atom is -0.309 e. The van der Waals surface area contributed by atoms with Gasteiger partial charge in [0.05, 0.1) is 24.0 Å². The van der Waals surface area contributed by atoms with Gasteiger partial charge in [0.2, 0.25) is 0 Å². The van der Waals surface area contributed by atoms with Crippen molar-refractivity contribution in [2.24, 2.45) is 10.1 Å². The highest BCUT2D eigenvalue weighted by Crippen LogP contribution is 2.14. The molecule has 0 aliphatic heterocycles. The number of aliphatic imine (C=N–C) groups is 1. The number of hydrazone groups is 1. The van der Waals surface area contributed by atoms with Gasteiger partial charge in [-0.3, -0.25) is 10.0 Å². The Morgan fingerprint density at radius 3 is 2.61 bits per heavy atom.